The predicted molar refractivity (Wildman–Crippen MR) is 51.5 cm³/mol. The molecule has 3 nitrogen and oxygen atoms in total. The van der Waals surface area contributed by atoms with Crippen LogP contribution in [0.3, 0.4) is 0 Å². The molecule has 0 unspecified atom stereocenters. The summed E-state index contributed by atoms with van der Waals surface area (Å²) in [7, 11) is 0. The molecule has 1 aromatic rings. The maximum atomic E-state index is 13.4. The normalized spacial score (nSPS) is 14.0. The summed E-state index contributed by atoms with van der Waals surface area (Å²) in [4.78, 5) is 11.0. The van der Waals surface area contributed by atoms with Crippen LogP contribution in [-0.2, 0) is 17.6 Å². The summed E-state index contributed by atoms with van der Waals surface area (Å²) in [6, 6.07) is 3.26. The first kappa shape index (κ1) is 9.15. The molecule has 0 atom stereocenters. The van der Waals surface area contributed by atoms with Gasteiger partial charge < -0.3 is 11.1 Å². The Morgan fingerprint density at radius 1 is 1.50 bits per heavy atom. The lowest BCUT2D eigenvalue weighted by Crippen LogP contribution is -2.04. The standard InChI is InChI=1S/C10H11FN2O/c11-8-4-6(1-2-12)3-7-5-9(14)13-10(7)8/h3-4H,1-2,5,12H2,(H,13,14). The van der Waals surface area contributed by atoms with Crippen LogP contribution in [0.1, 0.15) is 11.1 Å². The second kappa shape index (κ2) is 3.38. The number of benzene rings is 1. The van der Waals surface area contributed by atoms with Gasteiger partial charge in [0.2, 0.25) is 5.91 Å². The molecule has 1 heterocycles. The number of anilines is 1. The molecule has 4 heteroatoms. The molecule has 3 N–H and O–H groups in total. The summed E-state index contributed by atoms with van der Waals surface area (Å²) < 4.78 is 13.4. The third-order valence-electron chi connectivity index (χ3n) is 2.28. The highest BCUT2D eigenvalue weighted by atomic mass is 19.1. The Kier molecular flexibility index (Phi) is 2.21. The van der Waals surface area contributed by atoms with Gasteiger partial charge in [0.05, 0.1) is 12.1 Å². The smallest absolute Gasteiger partial charge is 0.228 e. The lowest BCUT2D eigenvalue weighted by Gasteiger charge is -2.04. The lowest BCUT2D eigenvalue weighted by molar-refractivity contribution is -0.115. The second-order valence-electron chi connectivity index (χ2n) is 3.38. The van der Waals surface area contributed by atoms with Crippen LogP contribution in [0.25, 0.3) is 0 Å². The number of hydrogen-bond donors (Lipinski definition) is 2. The molecule has 2 rings (SSSR count). The van der Waals surface area contributed by atoms with Gasteiger partial charge in [-0.15, -0.1) is 0 Å². The Bertz CT molecular complexity index is 390. The second-order valence-corrected chi connectivity index (χ2v) is 3.38. The van der Waals surface area contributed by atoms with E-state index in [2.05, 4.69) is 5.32 Å². The van der Waals surface area contributed by atoms with E-state index in [9.17, 15) is 9.18 Å². The van der Waals surface area contributed by atoms with E-state index >= 15 is 0 Å². The number of rotatable bonds is 2. The van der Waals surface area contributed by atoms with E-state index < -0.39 is 0 Å². The molecule has 1 amide bonds. The van der Waals surface area contributed by atoms with Crippen LogP contribution in [0.15, 0.2) is 12.1 Å². The summed E-state index contributed by atoms with van der Waals surface area (Å²) in [5, 5.41) is 2.49. The van der Waals surface area contributed by atoms with Crippen LogP contribution in [-0.4, -0.2) is 12.5 Å². The number of halogens is 1. The quantitative estimate of drug-likeness (QED) is 0.732. The third-order valence-corrected chi connectivity index (χ3v) is 2.28. The summed E-state index contributed by atoms with van der Waals surface area (Å²) in [5.41, 5.74) is 7.29. The van der Waals surface area contributed by atoms with E-state index in [1.54, 1.807) is 0 Å². The van der Waals surface area contributed by atoms with E-state index in [0.29, 0.717) is 18.7 Å². The number of nitrogens with one attached hydrogen (secondary N) is 1. The first-order chi connectivity index (χ1) is 6.70. The van der Waals surface area contributed by atoms with Crippen LogP contribution in [0.4, 0.5) is 10.1 Å². The average Bonchev–Trinajstić information content (AvgIpc) is 2.47. The van der Waals surface area contributed by atoms with Crippen LogP contribution in [0.5, 0.6) is 0 Å². The first-order valence-corrected chi connectivity index (χ1v) is 4.52. The zero-order chi connectivity index (χ0) is 10.1. The Hall–Kier alpha value is -1.42. The van der Waals surface area contributed by atoms with Gasteiger partial charge in [0.25, 0.3) is 0 Å². The van der Waals surface area contributed by atoms with Gasteiger partial charge in [0.15, 0.2) is 0 Å². The van der Waals surface area contributed by atoms with Gasteiger partial charge in [-0.05, 0) is 30.2 Å². The Labute approximate surface area is 81.1 Å². The van der Waals surface area contributed by atoms with Crippen molar-refractivity contribution < 1.29 is 9.18 Å². The zero-order valence-electron chi connectivity index (χ0n) is 7.64. The van der Waals surface area contributed by atoms with E-state index in [0.717, 1.165) is 11.1 Å². The number of fused-ring (bicyclic) bond motifs is 1. The number of hydrogen-bond acceptors (Lipinski definition) is 2. The highest BCUT2D eigenvalue weighted by molar-refractivity contribution is 5.99. The van der Waals surface area contributed by atoms with Crippen molar-refractivity contribution in [3.05, 3.63) is 29.1 Å². The maximum absolute atomic E-state index is 13.4. The van der Waals surface area contributed by atoms with Crippen molar-refractivity contribution in [2.75, 3.05) is 11.9 Å². The number of carbonyl (C=O) groups is 1. The fraction of sp³-hybridized carbons (Fsp3) is 0.300. The summed E-state index contributed by atoms with van der Waals surface area (Å²) >= 11 is 0. The van der Waals surface area contributed by atoms with Crippen molar-refractivity contribution in [3.63, 3.8) is 0 Å². The van der Waals surface area contributed by atoms with Gasteiger partial charge in [0, 0.05) is 0 Å². The molecule has 0 saturated carbocycles. The van der Waals surface area contributed by atoms with E-state index in [1.807, 2.05) is 6.07 Å². The lowest BCUT2D eigenvalue weighted by atomic mass is 10.1. The molecular formula is C10H11FN2O. The molecule has 1 aliphatic heterocycles. The molecule has 0 spiro atoms. The topological polar surface area (TPSA) is 55.1 Å². The maximum Gasteiger partial charge on any atom is 0.228 e. The number of carbonyl (C=O) groups excluding carboxylic acids is 1. The minimum absolute atomic E-state index is 0.149. The van der Waals surface area contributed by atoms with Gasteiger partial charge >= 0.3 is 0 Å². The van der Waals surface area contributed by atoms with Crippen LogP contribution < -0.4 is 11.1 Å². The molecular weight excluding hydrogens is 183 g/mol. The zero-order valence-corrected chi connectivity index (χ0v) is 7.64. The molecule has 0 bridgehead atoms. The first-order valence-electron chi connectivity index (χ1n) is 4.52. The molecule has 0 aliphatic carbocycles. The predicted octanol–water partition coefficient (Wildman–Crippen LogP) is 0.821. The van der Waals surface area contributed by atoms with Crippen molar-refractivity contribution in [1.82, 2.24) is 0 Å². The minimum Gasteiger partial charge on any atom is -0.330 e. The molecule has 14 heavy (non-hydrogen) atoms. The number of amides is 1. The average molecular weight is 194 g/mol. The largest absolute Gasteiger partial charge is 0.330 e. The Morgan fingerprint density at radius 3 is 3.00 bits per heavy atom. The minimum atomic E-state index is -0.364. The van der Waals surface area contributed by atoms with Gasteiger partial charge in [-0.1, -0.05) is 6.07 Å². The summed E-state index contributed by atoms with van der Waals surface area (Å²) in [6.07, 6.45) is 0.906. The van der Waals surface area contributed by atoms with E-state index in [1.165, 1.54) is 6.07 Å². The van der Waals surface area contributed by atoms with Gasteiger partial charge in [0.1, 0.15) is 5.82 Å². The van der Waals surface area contributed by atoms with Crippen LogP contribution in [0.2, 0.25) is 0 Å². The SMILES string of the molecule is NCCc1cc(F)c2c(c1)CC(=O)N2. The highest BCUT2D eigenvalue weighted by Gasteiger charge is 2.21. The van der Waals surface area contributed by atoms with Crippen molar-refractivity contribution in [2.24, 2.45) is 5.73 Å². The molecule has 0 saturated heterocycles. The monoisotopic (exact) mass is 194 g/mol. The Balaban J connectivity index is 2.40. The fourth-order valence-electron chi connectivity index (χ4n) is 1.67. The van der Waals surface area contributed by atoms with Crippen LogP contribution in [0, 0.1) is 5.82 Å². The molecule has 1 aromatic carbocycles. The Morgan fingerprint density at radius 2 is 2.29 bits per heavy atom. The molecule has 74 valence electrons. The van der Waals surface area contributed by atoms with Crippen molar-refractivity contribution in [2.45, 2.75) is 12.8 Å². The van der Waals surface area contributed by atoms with Gasteiger partial charge in [-0.25, -0.2) is 4.39 Å². The van der Waals surface area contributed by atoms with Gasteiger partial charge in [-0.3, -0.25) is 4.79 Å². The van der Waals surface area contributed by atoms with Gasteiger partial charge in [-0.2, -0.15) is 0 Å². The number of nitrogens with two attached hydrogens (primary N) is 1. The molecule has 0 fully saturated rings. The van der Waals surface area contributed by atoms with E-state index in [4.69, 9.17) is 5.73 Å². The molecule has 0 aromatic heterocycles. The fourth-order valence-corrected chi connectivity index (χ4v) is 1.67. The summed E-state index contributed by atoms with van der Waals surface area (Å²) in [6.45, 7) is 0.486. The van der Waals surface area contributed by atoms with Crippen LogP contribution >= 0.6 is 0 Å². The molecule has 1 aliphatic rings. The van der Waals surface area contributed by atoms with Crippen molar-refractivity contribution in [1.29, 1.82) is 0 Å². The highest BCUT2D eigenvalue weighted by Crippen LogP contribution is 2.27. The third kappa shape index (κ3) is 1.48. The van der Waals surface area contributed by atoms with Crippen molar-refractivity contribution in [3.8, 4) is 0 Å². The van der Waals surface area contributed by atoms with Crippen molar-refractivity contribution >= 4 is 11.6 Å². The van der Waals surface area contributed by atoms with E-state index in [-0.39, 0.29) is 18.1 Å². The molecule has 0 radical (unpaired) electrons. The summed E-state index contributed by atoms with van der Waals surface area (Å²) in [5.74, 6) is -0.513.